The molecule has 0 aromatic carbocycles. The summed E-state index contributed by atoms with van der Waals surface area (Å²) in [6.07, 6.45) is 9.57. The van der Waals surface area contributed by atoms with E-state index in [4.69, 9.17) is 0 Å². The summed E-state index contributed by atoms with van der Waals surface area (Å²) >= 11 is 0. The summed E-state index contributed by atoms with van der Waals surface area (Å²) in [5, 5.41) is 13.3. The first kappa shape index (κ1) is 16.3. The predicted molar refractivity (Wildman–Crippen MR) is 84.9 cm³/mol. The van der Waals surface area contributed by atoms with Crippen molar-refractivity contribution in [3.8, 4) is 0 Å². The third-order valence-electron chi connectivity index (χ3n) is 5.30. The second-order valence-corrected chi connectivity index (χ2v) is 7.56. The van der Waals surface area contributed by atoms with E-state index in [0.717, 1.165) is 24.9 Å². The number of aliphatic hydroxyl groups excluding tert-OH is 1. The number of rotatable bonds is 6. The first-order valence-corrected chi connectivity index (χ1v) is 8.67. The van der Waals surface area contributed by atoms with Crippen LogP contribution < -0.4 is 5.32 Å². The van der Waals surface area contributed by atoms with Crippen LogP contribution in [0.4, 0.5) is 0 Å². The lowest BCUT2D eigenvalue weighted by atomic mass is 9.78. The summed E-state index contributed by atoms with van der Waals surface area (Å²) < 4.78 is 0. The summed E-state index contributed by atoms with van der Waals surface area (Å²) in [5.74, 6) is 0.955. The Morgan fingerprint density at radius 2 is 1.90 bits per heavy atom. The van der Waals surface area contributed by atoms with Gasteiger partial charge in [-0.1, -0.05) is 26.7 Å². The van der Waals surface area contributed by atoms with E-state index in [2.05, 4.69) is 31.0 Å². The molecule has 2 N–H and O–H groups in total. The van der Waals surface area contributed by atoms with Crippen LogP contribution in [0.15, 0.2) is 0 Å². The quantitative estimate of drug-likeness (QED) is 0.786. The summed E-state index contributed by atoms with van der Waals surface area (Å²) in [7, 11) is 0. The van der Waals surface area contributed by atoms with Crippen molar-refractivity contribution in [2.75, 3.05) is 19.7 Å². The van der Waals surface area contributed by atoms with E-state index in [1.807, 2.05) is 0 Å². The van der Waals surface area contributed by atoms with Crippen LogP contribution in [0.1, 0.15) is 65.7 Å². The molecule has 1 aliphatic heterocycles. The molecule has 3 heteroatoms. The highest BCUT2D eigenvalue weighted by atomic mass is 16.3. The second-order valence-electron chi connectivity index (χ2n) is 7.56. The smallest absolute Gasteiger partial charge is 0.0611 e. The van der Waals surface area contributed by atoms with E-state index in [1.54, 1.807) is 0 Å². The van der Waals surface area contributed by atoms with Crippen molar-refractivity contribution >= 4 is 0 Å². The molecule has 1 heterocycles. The van der Waals surface area contributed by atoms with Crippen LogP contribution in [0.5, 0.6) is 0 Å². The Labute approximate surface area is 125 Å². The minimum absolute atomic E-state index is 0.129. The lowest BCUT2D eigenvalue weighted by Gasteiger charge is -2.45. The maximum absolute atomic E-state index is 9.72. The van der Waals surface area contributed by atoms with E-state index < -0.39 is 0 Å². The van der Waals surface area contributed by atoms with Gasteiger partial charge in [0.15, 0.2) is 0 Å². The summed E-state index contributed by atoms with van der Waals surface area (Å²) in [5.41, 5.74) is -0.129. The number of hydrogen-bond donors (Lipinski definition) is 2. The molecule has 0 aromatic heterocycles. The minimum Gasteiger partial charge on any atom is -0.394 e. The van der Waals surface area contributed by atoms with E-state index in [0.29, 0.717) is 6.04 Å². The molecule has 3 nitrogen and oxygen atoms in total. The molecule has 1 saturated heterocycles. The predicted octanol–water partition coefficient (Wildman–Crippen LogP) is 2.78. The third kappa shape index (κ3) is 4.19. The molecule has 1 aliphatic carbocycles. The van der Waals surface area contributed by atoms with Crippen LogP contribution in [0.25, 0.3) is 0 Å². The van der Waals surface area contributed by atoms with Gasteiger partial charge in [0, 0.05) is 24.2 Å². The highest BCUT2D eigenvalue weighted by Gasteiger charge is 2.34. The largest absolute Gasteiger partial charge is 0.394 e. The van der Waals surface area contributed by atoms with Crippen LogP contribution in [-0.4, -0.2) is 47.3 Å². The van der Waals surface area contributed by atoms with E-state index in [-0.39, 0.29) is 12.1 Å². The van der Waals surface area contributed by atoms with Crippen LogP contribution in [0, 0.1) is 5.92 Å². The summed E-state index contributed by atoms with van der Waals surface area (Å²) in [6.45, 7) is 9.11. The third-order valence-corrected chi connectivity index (χ3v) is 5.30. The van der Waals surface area contributed by atoms with Crippen molar-refractivity contribution in [3.63, 3.8) is 0 Å². The van der Waals surface area contributed by atoms with Crippen molar-refractivity contribution in [2.45, 2.75) is 83.3 Å². The van der Waals surface area contributed by atoms with Gasteiger partial charge in [0.1, 0.15) is 0 Å². The van der Waals surface area contributed by atoms with Gasteiger partial charge in [0.05, 0.1) is 6.61 Å². The maximum atomic E-state index is 9.72. The first-order valence-electron chi connectivity index (χ1n) is 8.67. The molecule has 2 rings (SSSR count). The first-order chi connectivity index (χ1) is 9.54. The van der Waals surface area contributed by atoms with Gasteiger partial charge in [0.2, 0.25) is 0 Å². The van der Waals surface area contributed by atoms with Crippen LogP contribution in [-0.2, 0) is 0 Å². The van der Waals surface area contributed by atoms with Crippen LogP contribution >= 0.6 is 0 Å². The summed E-state index contributed by atoms with van der Waals surface area (Å²) in [6, 6.07) is 1.26. The van der Waals surface area contributed by atoms with Crippen molar-refractivity contribution < 1.29 is 5.11 Å². The molecule has 20 heavy (non-hydrogen) atoms. The van der Waals surface area contributed by atoms with E-state index in [9.17, 15) is 5.11 Å². The monoisotopic (exact) mass is 282 g/mol. The lowest BCUT2D eigenvalue weighted by molar-refractivity contribution is 0.0466. The van der Waals surface area contributed by atoms with E-state index in [1.165, 1.54) is 45.1 Å². The Balaban J connectivity index is 1.88. The van der Waals surface area contributed by atoms with Gasteiger partial charge in [-0.2, -0.15) is 0 Å². The zero-order valence-electron chi connectivity index (χ0n) is 13.7. The molecular weight excluding hydrogens is 248 g/mol. The fourth-order valence-electron chi connectivity index (χ4n) is 4.29. The topological polar surface area (TPSA) is 35.5 Å². The molecule has 0 spiro atoms. The fraction of sp³-hybridized carbons (Fsp3) is 1.00. The second kappa shape index (κ2) is 7.24. The Morgan fingerprint density at radius 3 is 2.60 bits per heavy atom. The molecule has 0 bridgehead atoms. The number of nitrogens with zero attached hydrogens (tertiary/aromatic N) is 1. The molecule has 3 atom stereocenters. The van der Waals surface area contributed by atoms with Crippen molar-refractivity contribution in [1.29, 1.82) is 0 Å². The van der Waals surface area contributed by atoms with Crippen LogP contribution in [0.3, 0.4) is 0 Å². The maximum Gasteiger partial charge on any atom is 0.0611 e. The molecular formula is C17H34N2O. The molecule has 2 aliphatic rings. The molecule has 118 valence electrons. The van der Waals surface area contributed by atoms with Gasteiger partial charge in [-0.25, -0.2) is 0 Å². The van der Waals surface area contributed by atoms with Gasteiger partial charge >= 0.3 is 0 Å². The zero-order valence-corrected chi connectivity index (χ0v) is 13.7. The molecule has 0 amide bonds. The molecule has 2 fully saturated rings. The average molecular weight is 282 g/mol. The van der Waals surface area contributed by atoms with Crippen molar-refractivity contribution in [3.05, 3.63) is 0 Å². The van der Waals surface area contributed by atoms with Crippen LogP contribution in [0.2, 0.25) is 0 Å². The standard InChI is InChI=1S/C17H34N2O/c1-14(2)18-17(3,13-20)10-12-19-11-6-8-15-7-4-5-9-16(15)19/h14-16,18,20H,4-13H2,1-3H3/t15-,16-,17?/m1/s1. The number of likely N-dealkylation sites (tertiary alicyclic amines) is 1. The SMILES string of the molecule is CC(C)NC(C)(CO)CCN1CCC[C@H]2CCCC[C@H]21. The number of fused-ring (bicyclic) bond motifs is 1. The zero-order chi connectivity index (χ0) is 14.6. The van der Waals surface area contributed by atoms with Crippen molar-refractivity contribution in [2.24, 2.45) is 5.92 Å². The summed E-state index contributed by atoms with van der Waals surface area (Å²) in [4.78, 5) is 2.73. The normalized spacial score (nSPS) is 31.1. The van der Waals surface area contributed by atoms with Gasteiger partial charge in [0.25, 0.3) is 0 Å². The molecule has 0 radical (unpaired) electrons. The Hall–Kier alpha value is -0.120. The Kier molecular flexibility index (Phi) is 5.88. The fourth-order valence-corrected chi connectivity index (χ4v) is 4.29. The van der Waals surface area contributed by atoms with Gasteiger partial charge in [-0.05, 0) is 51.5 Å². The lowest BCUT2D eigenvalue weighted by Crippen LogP contribution is -2.53. The van der Waals surface area contributed by atoms with Gasteiger partial charge in [-0.3, -0.25) is 0 Å². The number of hydrogen-bond acceptors (Lipinski definition) is 3. The molecule has 0 aromatic rings. The van der Waals surface area contributed by atoms with Gasteiger partial charge in [-0.15, -0.1) is 0 Å². The number of aliphatic hydroxyl groups is 1. The Morgan fingerprint density at radius 1 is 1.20 bits per heavy atom. The minimum atomic E-state index is -0.129. The molecule has 1 unspecified atom stereocenters. The number of nitrogens with one attached hydrogen (secondary N) is 1. The van der Waals surface area contributed by atoms with Gasteiger partial charge < -0.3 is 15.3 Å². The average Bonchev–Trinajstić information content (AvgIpc) is 2.44. The highest BCUT2D eigenvalue weighted by Crippen LogP contribution is 2.35. The van der Waals surface area contributed by atoms with E-state index >= 15 is 0 Å². The van der Waals surface area contributed by atoms with Crippen molar-refractivity contribution in [1.82, 2.24) is 10.2 Å². The number of piperidine rings is 1. The Bertz CT molecular complexity index is 293. The molecule has 1 saturated carbocycles. The highest BCUT2D eigenvalue weighted by molar-refractivity contribution is 4.90.